The highest BCUT2D eigenvalue weighted by Gasteiger charge is 2.25. The van der Waals surface area contributed by atoms with E-state index >= 15 is 0 Å². The first-order valence-electron chi connectivity index (χ1n) is 13.1. The number of hydrogen-bond donors (Lipinski definition) is 2. The Morgan fingerprint density at radius 3 is 2.79 bits per heavy atom. The van der Waals surface area contributed by atoms with Crippen LogP contribution in [0.1, 0.15) is 12.8 Å². The Labute approximate surface area is 229 Å². The first kappa shape index (κ1) is 26.2. The number of ether oxygens (including phenoxy) is 1. The number of aryl methyl sites for hydroxylation is 1. The minimum Gasteiger partial charge on any atom is -0.494 e. The molecule has 0 aliphatic carbocycles. The normalized spacial score (nSPS) is 15.4. The number of nitrogens with zero attached hydrogens (tertiary/aromatic N) is 5. The maximum absolute atomic E-state index is 12.4. The van der Waals surface area contributed by atoms with E-state index in [-0.39, 0.29) is 5.91 Å². The number of aromatic nitrogens is 3. The number of likely N-dealkylation sites (N-methyl/N-ethyl adjacent to an activating group) is 1. The zero-order valence-electron chi connectivity index (χ0n) is 22.9. The molecule has 1 saturated heterocycles. The lowest BCUT2D eigenvalue weighted by molar-refractivity contribution is -0.111. The highest BCUT2D eigenvalue weighted by molar-refractivity contribution is 6.02. The summed E-state index contributed by atoms with van der Waals surface area (Å²) in [5.41, 5.74) is 5.20. The van der Waals surface area contributed by atoms with Crippen LogP contribution in [0, 0.1) is 0 Å². The SMILES string of the molecule is C=CC(=O)Nc1cc(Nc2nccc(-c3cn(C)c4ccccc34)n2)c(OC)cc1N1CCCC(N(C)C)C1. The molecule has 1 amide bonds. The van der Waals surface area contributed by atoms with Gasteiger partial charge in [-0.3, -0.25) is 4.79 Å². The van der Waals surface area contributed by atoms with Crippen LogP contribution in [-0.2, 0) is 11.8 Å². The summed E-state index contributed by atoms with van der Waals surface area (Å²) < 4.78 is 7.89. The molecule has 0 saturated carbocycles. The molecule has 2 aromatic carbocycles. The lowest BCUT2D eigenvalue weighted by Gasteiger charge is -2.38. The van der Waals surface area contributed by atoms with Gasteiger partial charge in [0.25, 0.3) is 0 Å². The number of nitrogens with one attached hydrogen (secondary N) is 2. The Kier molecular flexibility index (Phi) is 7.51. The van der Waals surface area contributed by atoms with Crippen molar-refractivity contribution in [1.29, 1.82) is 0 Å². The van der Waals surface area contributed by atoms with E-state index in [1.807, 2.05) is 37.4 Å². The number of anilines is 4. The van der Waals surface area contributed by atoms with Gasteiger partial charge in [-0.05, 0) is 51.2 Å². The van der Waals surface area contributed by atoms with E-state index in [9.17, 15) is 4.79 Å². The van der Waals surface area contributed by atoms with Crippen molar-refractivity contribution in [2.45, 2.75) is 18.9 Å². The van der Waals surface area contributed by atoms with E-state index < -0.39 is 0 Å². The van der Waals surface area contributed by atoms with Gasteiger partial charge in [0.05, 0.1) is 29.9 Å². The number of para-hydroxylation sites is 1. The van der Waals surface area contributed by atoms with E-state index in [0.29, 0.717) is 29.1 Å². The van der Waals surface area contributed by atoms with Gasteiger partial charge in [-0.25, -0.2) is 9.97 Å². The van der Waals surface area contributed by atoms with E-state index in [0.717, 1.165) is 53.8 Å². The van der Waals surface area contributed by atoms with Gasteiger partial charge in [0.15, 0.2) is 0 Å². The van der Waals surface area contributed by atoms with Gasteiger partial charge >= 0.3 is 0 Å². The lowest BCUT2D eigenvalue weighted by Crippen LogP contribution is -2.45. The Balaban J connectivity index is 1.51. The standard InChI is InChI=1S/C30H35N7O2/c1-6-29(38)32-24-16-25(28(39-5)17-27(24)37-15-9-10-20(18-37)35(2)3)34-30-31-14-13-23(33-30)22-19-36(4)26-12-8-7-11-21(22)26/h6-8,11-14,16-17,19-20H,1,9-10,15,18H2,2-5H3,(H,32,38)(H,31,33,34). The third-order valence-electron chi connectivity index (χ3n) is 7.30. The first-order valence-corrected chi connectivity index (χ1v) is 13.1. The van der Waals surface area contributed by atoms with Crippen LogP contribution in [0.15, 0.2) is 67.5 Å². The van der Waals surface area contributed by atoms with Crippen LogP contribution in [-0.4, -0.2) is 65.7 Å². The summed E-state index contributed by atoms with van der Waals surface area (Å²) in [6, 6.07) is 14.4. The molecule has 0 radical (unpaired) electrons. The molecule has 1 aliphatic heterocycles. The minimum atomic E-state index is -0.275. The number of fused-ring (bicyclic) bond motifs is 1. The van der Waals surface area contributed by atoms with Gasteiger partial charge in [-0.2, -0.15) is 0 Å². The molecular weight excluding hydrogens is 490 g/mol. The van der Waals surface area contributed by atoms with E-state index in [4.69, 9.17) is 9.72 Å². The van der Waals surface area contributed by atoms with Gasteiger partial charge in [0, 0.05) is 61.1 Å². The number of benzene rings is 2. The zero-order chi connectivity index (χ0) is 27.5. The summed E-state index contributed by atoms with van der Waals surface area (Å²) in [7, 11) is 7.88. The summed E-state index contributed by atoms with van der Waals surface area (Å²) in [5.74, 6) is 0.786. The molecule has 9 heteroatoms. The van der Waals surface area contributed by atoms with Crippen LogP contribution < -0.4 is 20.3 Å². The Morgan fingerprint density at radius 2 is 2.03 bits per heavy atom. The maximum Gasteiger partial charge on any atom is 0.247 e. The number of piperidine rings is 1. The summed E-state index contributed by atoms with van der Waals surface area (Å²) >= 11 is 0. The smallest absolute Gasteiger partial charge is 0.247 e. The molecule has 0 spiro atoms. The molecule has 202 valence electrons. The number of carbonyl (C=O) groups is 1. The van der Waals surface area contributed by atoms with Crippen molar-refractivity contribution in [3.63, 3.8) is 0 Å². The predicted molar refractivity (Wildman–Crippen MR) is 158 cm³/mol. The highest BCUT2D eigenvalue weighted by atomic mass is 16.5. The summed E-state index contributed by atoms with van der Waals surface area (Å²) in [6.45, 7) is 5.38. The van der Waals surface area contributed by atoms with Crippen LogP contribution in [0.3, 0.4) is 0 Å². The largest absolute Gasteiger partial charge is 0.494 e. The van der Waals surface area contributed by atoms with Crippen molar-refractivity contribution in [2.75, 3.05) is 49.8 Å². The first-order chi connectivity index (χ1) is 18.9. The van der Waals surface area contributed by atoms with Gasteiger partial charge in [-0.1, -0.05) is 24.8 Å². The molecule has 2 N–H and O–H groups in total. The van der Waals surface area contributed by atoms with Gasteiger partial charge in [0.1, 0.15) is 5.75 Å². The number of rotatable bonds is 8. The fraction of sp³-hybridized carbons (Fsp3) is 0.300. The fourth-order valence-electron chi connectivity index (χ4n) is 5.21. The summed E-state index contributed by atoms with van der Waals surface area (Å²) in [5, 5.41) is 7.43. The van der Waals surface area contributed by atoms with Crippen LogP contribution >= 0.6 is 0 Å². The molecule has 9 nitrogen and oxygen atoms in total. The van der Waals surface area contributed by atoms with Crippen LogP contribution in [0.4, 0.5) is 23.0 Å². The van der Waals surface area contributed by atoms with Crippen molar-refractivity contribution < 1.29 is 9.53 Å². The molecular formula is C30H35N7O2. The van der Waals surface area contributed by atoms with Crippen molar-refractivity contribution in [3.05, 3.63) is 67.5 Å². The molecule has 4 aromatic rings. The van der Waals surface area contributed by atoms with Gasteiger partial charge in [-0.15, -0.1) is 0 Å². The average Bonchev–Trinajstić information content (AvgIpc) is 3.29. The maximum atomic E-state index is 12.4. The summed E-state index contributed by atoms with van der Waals surface area (Å²) in [6.07, 6.45) is 7.29. The average molecular weight is 526 g/mol. The minimum absolute atomic E-state index is 0.275. The third-order valence-corrected chi connectivity index (χ3v) is 7.30. The van der Waals surface area contributed by atoms with E-state index in [1.54, 1.807) is 13.3 Å². The molecule has 5 rings (SSSR count). The Hall–Kier alpha value is -4.37. The molecule has 1 unspecified atom stereocenters. The van der Waals surface area contributed by atoms with Gasteiger partial charge in [0.2, 0.25) is 11.9 Å². The molecule has 3 heterocycles. The second kappa shape index (κ2) is 11.2. The quantitative estimate of drug-likeness (QED) is 0.312. The number of hydrogen-bond acceptors (Lipinski definition) is 7. The number of methoxy groups -OCH3 is 1. The third kappa shape index (κ3) is 5.44. The molecule has 1 fully saturated rings. The second-order valence-electron chi connectivity index (χ2n) is 10.0. The summed E-state index contributed by atoms with van der Waals surface area (Å²) in [4.78, 5) is 26.2. The van der Waals surface area contributed by atoms with Crippen LogP contribution in [0.25, 0.3) is 22.2 Å². The zero-order valence-corrected chi connectivity index (χ0v) is 22.9. The Morgan fingerprint density at radius 1 is 1.21 bits per heavy atom. The molecule has 2 aromatic heterocycles. The van der Waals surface area contributed by atoms with Crippen LogP contribution in [0.2, 0.25) is 0 Å². The fourth-order valence-corrected chi connectivity index (χ4v) is 5.21. The van der Waals surface area contributed by atoms with Crippen molar-refractivity contribution >= 4 is 39.8 Å². The molecule has 0 bridgehead atoms. The predicted octanol–water partition coefficient (Wildman–Crippen LogP) is 5.04. The molecule has 39 heavy (non-hydrogen) atoms. The topological polar surface area (TPSA) is 87.5 Å². The second-order valence-corrected chi connectivity index (χ2v) is 10.0. The lowest BCUT2D eigenvalue weighted by atomic mass is 10.0. The van der Waals surface area contributed by atoms with Crippen molar-refractivity contribution in [2.24, 2.45) is 7.05 Å². The van der Waals surface area contributed by atoms with E-state index in [2.05, 4.69) is 69.0 Å². The van der Waals surface area contributed by atoms with E-state index in [1.165, 1.54) is 6.08 Å². The molecule has 1 atom stereocenters. The highest BCUT2D eigenvalue weighted by Crippen LogP contribution is 2.39. The Bertz CT molecular complexity index is 1510. The molecule has 1 aliphatic rings. The van der Waals surface area contributed by atoms with Crippen LogP contribution in [0.5, 0.6) is 5.75 Å². The van der Waals surface area contributed by atoms with Crippen molar-refractivity contribution in [3.8, 4) is 17.0 Å². The van der Waals surface area contributed by atoms with Crippen molar-refractivity contribution in [1.82, 2.24) is 19.4 Å². The monoisotopic (exact) mass is 525 g/mol. The number of carbonyl (C=O) groups excluding carboxylic acids is 1. The number of amides is 1. The van der Waals surface area contributed by atoms with Gasteiger partial charge < -0.3 is 29.7 Å².